The van der Waals surface area contributed by atoms with Crippen molar-refractivity contribution in [3.63, 3.8) is 0 Å². The van der Waals surface area contributed by atoms with E-state index in [9.17, 15) is 9.36 Å². The molecule has 3 aromatic carbocycles. The minimum absolute atomic E-state index is 0.0638. The standard InChI is InChI=1S/C35H42N5O6P/c1-5-7-22-35(4,40-30(23-43-6-2)38-31-32(40)28-20-14-15-21-29(28)37-33(31)36)24-44-47(42,46-27-18-12-9-13-19-27)39-25(3)34(41)45-26-16-10-8-11-17-26/h8-21,25H,5-7,22-24H2,1-4H3,(H2,36,37)(H,39,42)/t25-,35?,47+/m0/s1. The quantitative estimate of drug-likeness (QED) is 0.0626. The van der Waals surface area contributed by atoms with Crippen molar-refractivity contribution in [2.75, 3.05) is 18.9 Å². The molecule has 0 radical (unpaired) electrons. The lowest BCUT2D eigenvalue weighted by Gasteiger charge is -2.35. The molecule has 0 spiro atoms. The number of aromatic nitrogens is 3. The van der Waals surface area contributed by atoms with Gasteiger partial charge in [0.05, 0.1) is 23.2 Å². The smallest absolute Gasteiger partial charge is 0.425 e. The minimum Gasteiger partial charge on any atom is -0.425 e. The summed E-state index contributed by atoms with van der Waals surface area (Å²) in [6.07, 6.45) is 2.39. The Morgan fingerprint density at radius 2 is 1.64 bits per heavy atom. The van der Waals surface area contributed by atoms with E-state index >= 15 is 0 Å². The van der Waals surface area contributed by atoms with Crippen LogP contribution in [0.4, 0.5) is 5.82 Å². The molecule has 2 aromatic heterocycles. The van der Waals surface area contributed by atoms with Gasteiger partial charge in [0.15, 0.2) is 5.82 Å². The molecule has 0 saturated carbocycles. The molecule has 1 unspecified atom stereocenters. The number of nitrogens with zero attached hydrogens (tertiary/aromatic N) is 3. The number of pyridine rings is 1. The van der Waals surface area contributed by atoms with Crippen molar-refractivity contribution in [3.8, 4) is 11.5 Å². The summed E-state index contributed by atoms with van der Waals surface area (Å²) in [4.78, 5) is 22.6. The zero-order valence-electron chi connectivity index (χ0n) is 27.2. The van der Waals surface area contributed by atoms with Gasteiger partial charge >= 0.3 is 13.7 Å². The molecule has 12 heteroatoms. The lowest BCUT2D eigenvalue weighted by Crippen LogP contribution is -2.40. The van der Waals surface area contributed by atoms with Gasteiger partial charge in [-0.2, -0.15) is 5.09 Å². The van der Waals surface area contributed by atoms with Crippen LogP contribution in [-0.2, 0) is 30.8 Å². The maximum absolute atomic E-state index is 14.6. The first-order valence-electron chi connectivity index (χ1n) is 15.8. The SMILES string of the molecule is CCCCC(C)(CO[P@](=O)(N[C@@H](C)C(=O)Oc1ccccc1)Oc1ccccc1)n1c(COCC)nc2c(N)nc3ccccc3c21. The molecule has 248 valence electrons. The lowest BCUT2D eigenvalue weighted by molar-refractivity contribution is -0.136. The first kappa shape index (κ1) is 34.1. The van der Waals surface area contributed by atoms with Gasteiger partial charge in [-0.15, -0.1) is 0 Å². The molecule has 11 nitrogen and oxygen atoms in total. The van der Waals surface area contributed by atoms with Gasteiger partial charge in [-0.1, -0.05) is 74.4 Å². The number of fused-ring (bicyclic) bond motifs is 3. The Hall–Kier alpha value is -4.28. The van der Waals surface area contributed by atoms with Gasteiger partial charge in [-0.25, -0.2) is 19.3 Å². The number of nitrogen functional groups attached to an aromatic ring is 1. The summed E-state index contributed by atoms with van der Waals surface area (Å²) in [7, 11) is -4.19. The van der Waals surface area contributed by atoms with Gasteiger partial charge in [-0.05, 0) is 57.5 Å². The van der Waals surface area contributed by atoms with Gasteiger partial charge in [-0.3, -0.25) is 4.52 Å². The van der Waals surface area contributed by atoms with Crippen LogP contribution in [0.1, 0.15) is 52.8 Å². The van der Waals surface area contributed by atoms with Crippen molar-refractivity contribution in [2.24, 2.45) is 0 Å². The number of anilines is 1. The normalized spacial score (nSPS) is 14.8. The average Bonchev–Trinajstić information content (AvgIpc) is 3.48. The lowest BCUT2D eigenvalue weighted by atomic mass is 9.94. The number of hydrogen-bond donors (Lipinski definition) is 2. The second kappa shape index (κ2) is 15.1. The molecule has 47 heavy (non-hydrogen) atoms. The molecule has 5 aromatic rings. The fraction of sp³-hybridized carbons (Fsp3) is 0.343. The number of esters is 1. The number of nitrogens with one attached hydrogen (secondary N) is 1. The summed E-state index contributed by atoms with van der Waals surface area (Å²) in [5.41, 5.74) is 7.73. The van der Waals surface area contributed by atoms with Crippen molar-refractivity contribution in [1.29, 1.82) is 0 Å². The molecule has 2 heterocycles. The van der Waals surface area contributed by atoms with Crippen LogP contribution < -0.4 is 20.1 Å². The highest BCUT2D eigenvalue weighted by Crippen LogP contribution is 2.47. The molecule has 0 fully saturated rings. The number of nitrogens with two attached hydrogens (primary N) is 1. The number of para-hydroxylation sites is 3. The third kappa shape index (κ3) is 8.00. The summed E-state index contributed by atoms with van der Waals surface area (Å²) in [5.74, 6) is 0.990. The Labute approximate surface area is 275 Å². The molecule has 0 saturated heterocycles. The highest BCUT2D eigenvalue weighted by atomic mass is 31.2. The molecular weight excluding hydrogens is 617 g/mol. The molecule has 0 bridgehead atoms. The van der Waals surface area contributed by atoms with Crippen molar-refractivity contribution in [3.05, 3.63) is 90.8 Å². The minimum atomic E-state index is -4.19. The first-order chi connectivity index (χ1) is 22.7. The summed E-state index contributed by atoms with van der Waals surface area (Å²) in [5, 5.41) is 3.69. The van der Waals surface area contributed by atoms with Gasteiger partial charge in [0.25, 0.3) is 0 Å². The highest BCUT2D eigenvalue weighted by molar-refractivity contribution is 7.52. The van der Waals surface area contributed by atoms with E-state index in [2.05, 4.69) is 21.6 Å². The Morgan fingerprint density at radius 3 is 2.32 bits per heavy atom. The van der Waals surface area contributed by atoms with E-state index < -0.39 is 25.3 Å². The topological polar surface area (TPSA) is 140 Å². The molecule has 3 atom stereocenters. The molecule has 0 amide bonds. The summed E-state index contributed by atoms with van der Waals surface area (Å²) >= 11 is 0. The fourth-order valence-electron chi connectivity index (χ4n) is 5.44. The summed E-state index contributed by atoms with van der Waals surface area (Å²) < 4.78 is 40.4. The number of ether oxygens (including phenoxy) is 2. The van der Waals surface area contributed by atoms with E-state index in [1.807, 2.05) is 50.2 Å². The molecule has 0 aliphatic heterocycles. The maximum Gasteiger partial charge on any atom is 0.459 e. The Balaban J connectivity index is 1.55. The number of rotatable bonds is 16. The van der Waals surface area contributed by atoms with Crippen LogP contribution in [0.5, 0.6) is 11.5 Å². The van der Waals surface area contributed by atoms with Gasteiger partial charge < -0.3 is 24.3 Å². The van der Waals surface area contributed by atoms with E-state index in [0.29, 0.717) is 41.7 Å². The van der Waals surface area contributed by atoms with Crippen molar-refractivity contribution in [1.82, 2.24) is 19.6 Å². The first-order valence-corrected chi connectivity index (χ1v) is 17.4. The highest BCUT2D eigenvalue weighted by Gasteiger charge is 2.39. The van der Waals surface area contributed by atoms with Gasteiger partial charge in [0.2, 0.25) is 0 Å². The number of unbranched alkanes of at least 4 members (excludes halogenated alkanes) is 1. The summed E-state index contributed by atoms with van der Waals surface area (Å²) in [6, 6.07) is 24.1. The largest absolute Gasteiger partial charge is 0.459 e. The third-order valence-electron chi connectivity index (χ3n) is 7.81. The van der Waals surface area contributed by atoms with Crippen LogP contribution in [0, 0.1) is 0 Å². The monoisotopic (exact) mass is 659 g/mol. The zero-order chi connectivity index (χ0) is 33.4. The second-order valence-electron chi connectivity index (χ2n) is 11.6. The molecule has 5 rings (SSSR count). The van der Waals surface area contributed by atoms with Gasteiger partial charge in [0.1, 0.15) is 35.5 Å². The van der Waals surface area contributed by atoms with E-state index in [-0.39, 0.29) is 13.2 Å². The maximum atomic E-state index is 14.6. The Kier molecular flexibility index (Phi) is 10.9. The average molecular weight is 660 g/mol. The van der Waals surface area contributed by atoms with E-state index in [0.717, 1.165) is 29.3 Å². The van der Waals surface area contributed by atoms with Crippen molar-refractivity contribution in [2.45, 2.75) is 65.1 Å². The molecule has 0 aliphatic rings. The Morgan fingerprint density at radius 1 is 0.979 bits per heavy atom. The molecule has 3 N–H and O–H groups in total. The third-order valence-corrected chi connectivity index (χ3v) is 9.44. The number of carbonyl (C=O) groups is 1. The Bertz CT molecular complexity index is 1850. The summed E-state index contributed by atoms with van der Waals surface area (Å²) in [6.45, 7) is 8.26. The number of imidazole rings is 1. The van der Waals surface area contributed by atoms with Crippen LogP contribution in [0.15, 0.2) is 84.9 Å². The predicted molar refractivity (Wildman–Crippen MR) is 183 cm³/mol. The van der Waals surface area contributed by atoms with Crippen molar-refractivity contribution >= 4 is 41.5 Å². The van der Waals surface area contributed by atoms with E-state index in [1.165, 1.54) is 0 Å². The van der Waals surface area contributed by atoms with E-state index in [4.69, 9.17) is 29.2 Å². The van der Waals surface area contributed by atoms with Crippen molar-refractivity contribution < 1.29 is 27.9 Å². The van der Waals surface area contributed by atoms with Crippen LogP contribution >= 0.6 is 7.75 Å². The zero-order valence-corrected chi connectivity index (χ0v) is 28.1. The van der Waals surface area contributed by atoms with E-state index in [1.54, 1.807) is 55.5 Å². The van der Waals surface area contributed by atoms with Crippen LogP contribution in [0.3, 0.4) is 0 Å². The number of carbonyl (C=O) groups excluding carboxylic acids is 1. The molecular formula is C35H42N5O6P. The number of hydrogen-bond acceptors (Lipinski definition) is 9. The van der Waals surface area contributed by atoms with Gasteiger partial charge in [0, 0.05) is 12.0 Å². The number of benzene rings is 3. The molecule has 0 aliphatic carbocycles. The predicted octanol–water partition coefficient (Wildman–Crippen LogP) is 7.40. The van der Waals surface area contributed by atoms with Crippen LogP contribution in [0.25, 0.3) is 21.9 Å². The van der Waals surface area contributed by atoms with Crippen LogP contribution in [0.2, 0.25) is 0 Å². The second-order valence-corrected chi connectivity index (χ2v) is 13.3. The fourth-order valence-corrected chi connectivity index (χ4v) is 7.05. The van der Waals surface area contributed by atoms with Crippen LogP contribution in [-0.4, -0.2) is 39.8 Å².